The highest BCUT2D eigenvalue weighted by atomic mass is 16.5. The van der Waals surface area contributed by atoms with Crippen LogP contribution in [0, 0.1) is 20.8 Å². The average molecular weight is 328 g/mol. The maximum atomic E-state index is 12.4. The van der Waals surface area contributed by atoms with Gasteiger partial charge in [0.1, 0.15) is 5.75 Å². The van der Waals surface area contributed by atoms with Crippen molar-refractivity contribution in [2.45, 2.75) is 59.8 Å². The molecule has 0 spiro atoms. The lowest BCUT2D eigenvalue weighted by molar-refractivity contribution is 0.0818. The molecule has 0 N–H and O–H groups in total. The quantitative estimate of drug-likeness (QED) is 0.663. The minimum absolute atomic E-state index is 0.000293. The van der Waals surface area contributed by atoms with Gasteiger partial charge in [0.05, 0.1) is 5.69 Å². The maximum absolute atomic E-state index is 12.4. The van der Waals surface area contributed by atoms with E-state index in [-0.39, 0.29) is 12.5 Å². The molecule has 0 aliphatic heterocycles. The van der Waals surface area contributed by atoms with Gasteiger partial charge in [-0.1, -0.05) is 43.9 Å². The van der Waals surface area contributed by atoms with Gasteiger partial charge in [-0.25, -0.2) is 4.68 Å². The van der Waals surface area contributed by atoms with Crippen molar-refractivity contribution in [3.05, 3.63) is 46.8 Å². The van der Waals surface area contributed by atoms with E-state index in [1.54, 1.807) is 0 Å². The van der Waals surface area contributed by atoms with E-state index >= 15 is 0 Å². The van der Waals surface area contributed by atoms with Crippen LogP contribution in [0.15, 0.2) is 24.3 Å². The summed E-state index contributed by atoms with van der Waals surface area (Å²) < 4.78 is 7.08. The van der Waals surface area contributed by atoms with Crippen molar-refractivity contribution < 1.29 is 9.53 Å². The lowest BCUT2D eigenvalue weighted by atomic mass is 10.0. The first kappa shape index (κ1) is 18.2. The lowest BCUT2D eigenvalue weighted by Gasteiger charge is -2.07. The molecule has 2 aromatic rings. The van der Waals surface area contributed by atoms with E-state index in [1.807, 2.05) is 45.0 Å². The van der Waals surface area contributed by atoms with Gasteiger partial charge >= 0.3 is 0 Å². The smallest absolute Gasteiger partial charge is 0.284 e. The van der Waals surface area contributed by atoms with Crippen LogP contribution in [0.2, 0.25) is 0 Å². The highest BCUT2D eigenvalue weighted by molar-refractivity contribution is 5.80. The Morgan fingerprint density at radius 3 is 2.46 bits per heavy atom. The van der Waals surface area contributed by atoms with Gasteiger partial charge in [-0.05, 0) is 51.3 Å². The largest absolute Gasteiger partial charge is 0.484 e. The van der Waals surface area contributed by atoms with Crippen LogP contribution in [0.4, 0.5) is 0 Å². The van der Waals surface area contributed by atoms with E-state index in [2.05, 4.69) is 12.0 Å². The number of hydrogen-bond donors (Lipinski definition) is 0. The van der Waals surface area contributed by atoms with Gasteiger partial charge < -0.3 is 4.74 Å². The predicted molar refractivity (Wildman–Crippen MR) is 96.8 cm³/mol. The van der Waals surface area contributed by atoms with Crippen LogP contribution in [-0.4, -0.2) is 22.3 Å². The Kier molecular flexibility index (Phi) is 6.59. The van der Waals surface area contributed by atoms with Gasteiger partial charge in [-0.2, -0.15) is 5.10 Å². The second kappa shape index (κ2) is 8.67. The van der Waals surface area contributed by atoms with Gasteiger partial charge in [0.2, 0.25) is 0 Å². The number of hydrogen-bond acceptors (Lipinski definition) is 3. The fourth-order valence-electron chi connectivity index (χ4n) is 2.85. The molecule has 4 heteroatoms. The number of carbonyl (C=O) groups is 1. The zero-order valence-electron chi connectivity index (χ0n) is 15.3. The minimum atomic E-state index is -0.129. The molecule has 4 nitrogen and oxygen atoms in total. The summed E-state index contributed by atoms with van der Waals surface area (Å²) >= 11 is 0. The molecule has 0 bridgehead atoms. The minimum Gasteiger partial charge on any atom is -0.484 e. The van der Waals surface area contributed by atoms with Gasteiger partial charge in [-0.3, -0.25) is 4.79 Å². The lowest BCUT2D eigenvalue weighted by Crippen LogP contribution is -2.21. The molecule has 130 valence electrons. The average Bonchev–Trinajstić information content (AvgIpc) is 2.86. The molecule has 1 aromatic heterocycles. The Bertz CT molecular complexity index is 672. The molecule has 0 aliphatic rings. The van der Waals surface area contributed by atoms with Gasteiger partial charge in [0, 0.05) is 5.69 Å². The summed E-state index contributed by atoms with van der Waals surface area (Å²) in [6.07, 6.45) is 5.85. The van der Waals surface area contributed by atoms with Gasteiger partial charge in [0.25, 0.3) is 5.91 Å². The van der Waals surface area contributed by atoms with Crippen molar-refractivity contribution in [3.63, 3.8) is 0 Å². The number of aryl methyl sites for hydroxylation is 2. The Balaban J connectivity index is 1.97. The summed E-state index contributed by atoms with van der Waals surface area (Å²) in [5, 5.41) is 4.42. The highest BCUT2D eigenvalue weighted by Gasteiger charge is 2.16. The zero-order valence-corrected chi connectivity index (χ0v) is 15.3. The van der Waals surface area contributed by atoms with Crippen LogP contribution in [0.1, 0.15) is 59.9 Å². The second-order valence-electron chi connectivity index (χ2n) is 6.37. The number of nitrogens with zero attached hydrogens (tertiary/aromatic N) is 2. The van der Waals surface area contributed by atoms with Crippen LogP contribution in [-0.2, 0) is 6.42 Å². The summed E-state index contributed by atoms with van der Waals surface area (Å²) in [7, 11) is 0. The normalized spacial score (nSPS) is 10.8. The van der Waals surface area contributed by atoms with E-state index in [0.29, 0.717) is 5.75 Å². The third-order valence-corrected chi connectivity index (χ3v) is 4.34. The number of benzene rings is 1. The number of unbranched alkanes of at least 4 members (excludes halogenated alkanes) is 3. The van der Waals surface area contributed by atoms with Gasteiger partial charge in [0.15, 0.2) is 6.61 Å². The Labute approximate surface area is 144 Å². The molecule has 0 unspecified atom stereocenters. The topological polar surface area (TPSA) is 44.1 Å². The highest BCUT2D eigenvalue weighted by Crippen LogP contribution is 2.17. The Morgan fingerprint density at radius 2 is 1.79 bits per heavy atom. The molecule has 0 fully saturated rings. The molecule has 1 heterocycles. The molecule has 1 aromatic carbocycles. The Hall–Kier alpha value is -2.10. The molecular formula is C20H28N2O2. The maximum Gasteiger partial charge on any atom is 0.284 e. The summed E-state index contributed by atoms with van der Waals surface area (Å²) in [6.45, 7) is 8.18. The Morgan fingerprint density at radius 1 is 1.08 bits per heavy atom. The molecule has 24 heavy (non-hydrogen) atoms. The van der Waals surface area contributed by atoms with E-state index in [0.717, 1.165) is 24.2 Å². The number of aromatic nitrogens is 2. The summed E-state index contributed by atoms with van der Waals surface area (Å²) in [5.41, 5.74) is 4.27. The van der Waals surface area contributed by atoms with Crippen LogP contribution in [0.5, 0.6) is 5.75 Å². The van der Waals surface area contributed by atoms with E-state index in [4.69, 9.17) is 4.74 Å². The molecule has 0 saturated heterocycles. The second-order valence-corrected chi connectivity index (χ2v) is 6.37. The van der Waals surface area contributed by atoms with Gasteiger partial charge in [-0.15, -0.1) is 0 Å². The van der Waals surface area contributed by atoms with Crippen LogP contribution < -0.4 is 4.74 Å². The number of rotatable bonds is 8. The first-order valence-corrected chi connectivity index (χ1v) is 8.80. The monoisotopic (exact) mass is 328 g/mol. The van der Waals surface area contributed by atoms with E-state index in [1.165, 1.54) is 35.1 Å². The third kappa shape index (κ3) is 4.70. The standard InChI is InChI=1S/C20H28N2O2/c1-5-6-7-8-9-19-16(3)21-22(17(19)4)20(23)14-24-18-12-10-15(2)11-13-18/h10-13H,5-9,14H2,1-4H3. The fraction of sp³-hybridized carbons (Fsp3) is 0.500. The summed E-state index contributed by atoms with van der Waals surface area (Å²) in [6, 6.07) is 7.70. The van der Waals surface area contributed by atoms with Crippen molar-refractivity contribution in [1.82, 2.24) is 9.78 Å². The molecule has 0 saturated carbocycles. The zero-order chi connectivity index (χ0) is 17.5. The van der Waals surface area contributed by atoms with E-state index < -0.39 is 0 Å². The van der Waals surface area contributed by atoms with Crippen molar-refractivity contribution >= 4 is 5.91 Å². The molecule has 2 rings (SSSR count). The fourth-order valence-corrected chi connectivity index (χ4v) is 2.85. The first-order chi connectivity index (χ1) is 11.5. The summed E-state index contributed by atoms with van der Waals surface area (Å²) in [4.78, 5) is 12.4. The number of ether oxygens (including phenoxy) is 1. The molecule has 0 aliphatic carbocycles. The SMILES string of the molecule is CCCCCCc1c(C)nn(C(=O)COc2ccc(C)cc2)c1C. The first-order valence-electron chi connectivity index (χ1n) is 8.80. The van der Waals surface area contributed by atoms with Crippen LogP contribution in [0.25, 0.3) is 0 Å². The van der Waals surface area contributed by atoms with Crippen LogP contribution >= 0.6 is 0 Å². The van der Waals surface area contributed by atoms with Crippen molar-refractivity contribution in [2.75, 3.05) is 6.61 Å². The van der Waals surface area contributed by atoms with Crippen molar-refractivity contribution in [2.24, 2.45) is 0 Å². The molecule has 0 atom stereocenters. The van der Waals surface area contributed by atoms with Crippen molar-refractivity contribution in [1.29, 1.82) is 0 Å². The van der Waals surface area contributed by atoms with Crippen molar-refractivity contribution in [3.8, 4) is 5.75 Å². The predicted octanol–water partition coefficient (Wildman–Crippen LogP) is 4.65. The third-order valence-electron chi connectivity index (χ3n) is 4.34. The molecular weight excluding hydrogens is 300 g/mol. The number of carbonyl (C=O) groups excluding carboxylic acids is 1. The van der Waals surface area contributed by atoms with Crippen LogP contribution in [0.3, 0.4) is 0 Å². The molecule has 0 amide bonds. The molecule has 0 radical (unpaired) electrons. The summed E-state index contributed by atoms with van der Waals surface area (Å²) in [5.74, 6) is 0.575. The van der Waals surface area contributed by atoms with E-state index in [9.17, 15) is 4.79 Å².